The number of benzene rings is 2. The molecule has 0 saturated heterocycles. The van der Waals surface area contributed by atoms with Crippen molar-refractivity contribution in [1.29, 1.82) is 0 Å². The molecule has 0 aliphatic carbocycles. The Morgan fingerprint density at radius 3 is 2.77 bits per heavy atom. The molecule has 5 heteroatoms. The summed E-state index contributed by atoms with van der Waals surface area (Å²) in [4.78, 5) is 5.76. The zero-order chi connectivity index (χ0) is 15.4. The molecule has 2 nitrogen and oxygen atoms in total. The second-order valence-corrected chi connectivity index (χ2v) is 6.53. The summed E-state index contributed by atoms with van der Waals surface area (Å²) in [5, 5.41) is 2.97. The van der Waals surface area contributed by atoms with Crippen LogP contribution in [0.1, 0.15) is 5.69 Å². The van der Waals surface area contributed by atoms with Crippen molar-refractivity contribution in [2.45, 2.75) is 10.6 Å². The lowest BCUT2D eigenvalue weighted by molar-refractivity contribution is 0.413. The maximum Gasteiger partial charge on any atom is 0.123 e. The first-order valence-electron chi connectivity index (χ1n) is 6.72. The minimum Gasteiger partial charge on any atom is -0.497 e. The van der Waals surface area contributed by atoms with Crippen LogP contribution in [0, 0.1) is 5.82 Å². The highest BCUT2D eigenvalue weighted by Gasteiger charge is 2.06. The Hall–Kier alpha value is -1.85. The van der Waals surface area contributed by atoms with E-state index in [0.717, 1.165) is 32.7 Å². The van der Waals surface area contributed by atoms with Gasteiger partial charge in [0.25, 0.3) is 0 Å². The predicted molar refractivity (Wildman–Crippen MR) is 90.1 cm³/mol. The van der Waals surface area contributed by atoms with Crippen molar-refractivity contribution in [3.05, 3.63) is 65.4 Å². The maximum absolute atomic E-state index is 12.9. The van der Waals surface area contributed by atoms with Gasteiger partial charge in [-0.05, 0) is 42.5 Å². The Kier molecular flexibility index (Phi) is 4.75. The minimum absolute atomic E-state index is 0.228. The molecule has 0 atom stereocenters. The quantitative estimate of drug-likeness (QED) is 0.596. The average Bonchev–Trinajstić information content (AvgIpc) is 3.03. The van der Waals surface area contributed by atoms with E-state index in [1.54, 1.807) is 42.3 Å². The first-order valence-corrected chi connectivity index (χ1v) is 8.58. The van der Waals surface area contributed by atoms with E-state index in [1.165, 1.54) is 12.1 Å². The van der Waals surface area contributed by atoms with Crippen molar-refractivity contribution in [3.63, 3.8) is 0 Å². The van der Waals surface area contributed by atoms with E-state index in [4.69, 9.17) is 4.74 Å². The molecule has 112 valence electrons. The molecule has 0 saturated carbocycles. The standard InChI is InChI=1S/C17H14FNOS2/c1-20-15-3-2-4-16(9-15)21-10-14-11-22-17(19-14)12-5-7-13(18)8-6-12/h2-9,11H,10H2,1H3. The number of thiazole rings is 1. The normalized spacial score (nSPS) is 10.6. The Morgan fingerprint density at radius 1 is 1.18 bits per heavy atom. The summed E-state index contributed by atoms with van der Waals surface area (Å²) in [7, 11) is 1.67. The third-order valence-electron chi connectivity index (χ3n) is 3.07. The second kappa shape index (κ2) is 6.94. The van der Waals surface area contributed by atoms with E-state index in [9.17, 15) is 4.39 Å². The van der Waals surface area contributed by atoms with Gasteiger partial charge in [-0.25, -0.2) is 9.37 Å². The number of nitrogens with zero attached hydrogens (tertiary/aromatic N) is 1. The number of rotatable bonds is 5. The first kappa shape index (κ1) is 15.1. The van der Waals surface area contributed by atoms with Gasteiger partial charge in [0.2, 0.25) is 0 Å². The van der Waals surface area contributed by atoms with Crippen molar-refractivity contribution in [3.8, 4) is 16.3 Å². The van der Waals surface area contributed by atoms with Gasteiger partial charge in [0.15, 0.2) is 0 Å². The van der Waals surface area contributed by atoms with Gasteiger partial charge >= 0.3 is 0 Å². The lowest BCUT2D eigenvalue weighted by Gasteiger charge is -2.03. The summed E-state index contributed by atoms with van der Waals surface area (Å²) in [6.45, 7) is 0. The molecule has 0 amide bonds. The molecule has 1 heterocycles. The van der Waals surface area contributed by atoms with Gasteiger partial charge in [0.05, 0.1) is 12.8 Å². The smallest absolute Gasteiger partial charge is 0.123 e. The van der Waals surface area contributed by atoms with E-state index < -0.39 is 0 Å². The molecule has 0 aliphatic rings. The molecule has 3 rings (SSSR count). The van der Waals surface area contributed by atoms with Crippen LogP contribution in [0.5, 0.6) is 5.75 Å². The zero-order valence-corrected chi connectivity index (χ0v) is 13.6. The van der Waals surface area contributed by atoms with Crippen LogP contribution in [0.3, 0.4) is 0 Å². The van der Waals surface area contributed by atoms with E-state index in [0.29, 0.717) is 0 Å². The van der Waals surface area contributed by atoms with Crippen LogP contribution >= 0.6 is 23.1 Å². The SMILES string of the molecule is COc1cccc(SCc2csc(-c3ccc(F)cc3)n2)c1. The summed E-state index contributed by atoms with van der Waals surface area (Å²) < 4.78 is 18.2. The molecule has 0 radical (unpaired) electrons. The fourth-order valence-corrected chi connectivity index (χ4v) is 3.71. The van der Waals surface area contributed by atoms with Crippen molar-refractivity contribution in [2.24, 2.45) is 0 Å². The number of halogens is 1. The van der Waals surface area contributed by atoms with Crippen molar-refractivity contribution in [1.82, 2.24) is 4.98 Å². The van der Waals surface area contributed by atoms with Gasteiger partial charge in [-0.3, -0.25) is 0 Å². The summed E-state index contributed by atoms with van der Waals surface area (Å²) in [5.41, 5.74) is 1.97. The molecule has 0 aliphatic heterocycles. The lowest BCUT2D eigenvalue weighted by Crippen LogP contribution is -1.84. The largest absolute Gasteiger partial charge is 0.497 e. The van der Waals surface area contributed by atoms with Gasteiger partial charge < -0.3 is 4.74 Å². The average molecular weight is 331 g/mol. The number of hydrogen-bond acceptors (Lipinski definition) is 4. The molecule has 0 unspecified atom stereocenters. The molecule has 0 bridgehead atoms. The minimum atomic E-state index is -0.228. The van der Waals surface area contributed by atoms with Gasteiger partial charge in [0, 0.05) is 21.6 Å². The summed E-state index contributed by atoms with van der Waals surface area (Å²) in [6, 6.07) is 14.4. The van der Waals surface area contributed by atoms with Crippen LogP contribution < -0.4 is 4.74 Å². The summed E-state index contributed by atoms with van der Waals surface area (Å²) in [5.74, 6) is 1.43. The van der Waals surface area contributed by atoms with Crippen LogP contribution in [0.2, 0.25) is 0 Å². The van der Waals surface area contributed by atoms with E-state index in [-0.39, 0.29) is 5.82 Å². The highest BCUT2D eigenvalue weighted by molar-refractivity contribution is 7.98. The van der Waals surface area contributed by atoms with Crippen LogP contribution in [0.4, 0.5) is 4.39 Å². The van der Waals surface area contributed by atoms with Crippen LogP contribution in [0.25, 0.3) is 10.6 Å². The number of aromatic nitrogens is 1. The second-order valence-electron chi connectivity index (χ2n) is 4.62. The molecule has 3 aromatic rings. The number of ether oxygens (including phenoxy) is 1. The molecule has 22 heavy (non-hydrogen) atoms. The number of hydrogen-bond donors (Lipinski definition) is 0. The Balaban J connectivity index is 1.67. The zero-order valence-electron chi connectivity index (χ0n) is 12.0. The maximum atomic E-state index is 12.9. The van der Waals surface area contributed by atoms with Crippen molar-refractivity contribution < 1.29 is 9.13 Å². The third-order valence-corrected chi connectivity index (χ3v) is 5.04. The fraction of sp³-hybridized carbons (Fsp3) is 0.118. The molecular weight excluding hydrogens is 317 g/mol. The van der Waals surface area contributed by atoms with Crippen molar-refractivity contribution in [2.75, 3.05) is 7.11 Å². The van der Waals surface area contributed by atoms with Crippen LogP contribution in [-0.2, 0) is 5.75 Å². The number of methoxy groups -OCH3 is 1. The van der Waals surface area contributed by atoms with E-state index in [1.807, 2.05) is 23.6 Å². The van der Waals surface area contributed by atoms with E-state index in [2.05, 4.69) is 11.1 Å². The summed E-state index contributed by atoms with van der Waals surface area (Å²) >= 11 is 3.30. The highest BCUT2D eigenvalue weighted by Crippen LogP contribution is 2.29. The highest BCUT2D eigenvalue weighted by atomic mass is 32.2. The molecule has 0 N–H and O–H groups in total. The Labute approximate surface area is 137 Å². The van der Waals surface area contributed by atoms with Gasteiger partial charge in [0.1, 0.15) is 16.6 Å². The molecule has 2 aromatic carbocycles. The number of thioether (sulfide) groups is 1. The monoisotopic (exact) mass is 331 g/mol. The van der Waals surface area contributed by atoms with Gasteiger partial charge in [-0.1, -0.05) is 6.07 Å². The molecule has 1 aromatic heterocycles. The van der Waals surface area contributed by atoms with Gasteiger partial charge in [-0.2, -0.15) is 0 Å². The first-order chi connectivity index (χ1) is 10.7. The molecule has 0 spiro atoms. The van der Waals surface area contributed by atoms with E-state index >= 15 is 0 Å². The molecular formula is C17H14FNOS2. The Morgan fingerprint density at radius 2 is 2.00 bits per heavy atom. The van der Waals surface area contributed by atoms with Crippen LogP contribution in [-0.4, -0.2) is 12.1 Å². The predicted octanol–water partition coefficient (Wildman–Crippen LogP) is 5.25. The fourth-order valence-electron chi connectivity index (χ4n) is 1.95. The van der Waals surface area contributed by atoms with Gasteiger partial charge in [-0.15, -0.1) is 23.1 Å². The molecule has 0 fully saturated rings. The third kappa shape index (κ3) is 3.67. The summed E-state index contributed by atoms with van der Waals surface area (Å²) in [6.07, 6.45) is 0. The topological polar surface area (TPSA) is 22.1 Å². The van der Waals surface area contributed by atoms with Crippen LogP contribution in [0.15, 0.2) is 58.8 Å². The lowest BCUT2D eigenvalue weighted by atomic mass is 10.2. The Bertz CT molecular complexity index is 755. The van der Waals surface area contributed by atoms with Crippen molar-refractivity contribution >= 4 is 23.1 Å².